The maximum absolute atomic E-state index is 13.9. The second-order valence-corrected chi connectivity index (χ2v) is 10.4. The van der Waals surface area contributed by atoms with Gasteiger partial charge in [-0.15, -0.1) is 0 Å². The minimum atomic E-state index is -0.453. The third-order valence-corrected chi connectivity index (χ3v) is 7.64. The SMILES string of the molecule is COc1ccc([C@H]2CC(=O)C3=C(C2)NC(C)=C(C(=O)Nc2ccc(C)cc2)[C@@H]3c2cccc(C)c2)cc1OC. The first-order chi connectivity index (χ1) is 18.8. The fourth-order valence-electron chi connectivity index (χ4n) is 5.70. The second kappa shape index (κ2) is 10.8. The summed E-state index contributed by atoms with van der Waals surface area (Å²) in [5, 5.41) is 6.52. The second-order valence-electron chi connectivity index (χ2n) is 10.4. The van der Waals surface area contributed by atoms with E-state index in [0.29, 0.717) is 35.5 Å². The number of aryl methyl sites for hydroxylation is 2. The zero-order valence-corrected chi connectivity index (χ0v) is 23.1. The smallest absolute Gasteiger partial charge is 0.254 e. The maximum atomic E-state index is 13.9. The number of rotatable bonds is 6. The minimum Gasteiger partial charge on any atom is -0.493 e. The Kier molecular flexibility index (Phi) is 7.29. The van der Waals surface area contributed by atoms with Crippen molar-refractivity contribution in [2.75, 3.05) is 19.5 Å². The van der Waals surface area contributed by atoms with Crippen LogP contribution in [0.15, 0.2) is 89.3 Å². The van der Waals surface area contributed by atoms with E-state index in [0.717, 1.165) is 39.3 Å². The molecule has 3 aromatic rings. The number of carbonyl (C=O) groups excluding carboxylic acids is 2. The number of methoxy groups -OCH3 is 2. The van der Waals surface area contributed by atoms with E-state index < -0.39 is 5.92 Å². The van der Waals surface area contributed by atoms with E-state index in [1.807, 2.05) is 81.4 Å². The van der Waals surface area contributed by atoms with Gasteiger partial charge >= 0.3 is 0 Å². The Morgan fingerprint density at radius 2 is 1.59 bits per heavy atom. The molecule has 5 rings (SSSR count). The summed E-state index contributed by atoms with van der Waals surface area (Å²) in [7, 11) is 3.22. The van der Waals surface area contributed by atoms with Crippen LogP contribution in [0.3, 0.4) is 0 Å². The number of allylic oxidation sites excluding steroid dienone is 3. The van der Waals surface area contributed by atoms with Gasteiger partial charge in [-0.05, 0) is 68.5 Å². The fraction of sp³-hybridized carbons (Fsp3) is 0.273. The Labute approximate surface area is 229 Å². The number of dihydropyridines is 1. The van der Waals surface area contributed by atoms with Crippen LogP contribution >= 0.6 is 0 Å². The van der Waals surface area contributed by atoms with Crippen LogP contribution in [0.2, 0.25) is 0 Å². The van der Waals surface area contributed by atoms with E-state index in [1.54, 1.807) is 14.2 Å². The molecule has 1 amide bonds. The van der Waals surface area contributed by atoms with Crippen molar-refractivity contribution in [3.63, 3.8) is 0 Å². The summed E-state index contributed by atoms with van der Waals surface area (Å²) in [5.74, 6) is 0.659. The fourth-order valence-corrected chi connectivity index (χ4v) is 5.70. The van der Waals surface area contributed by atoms with Gasteiger partial charge in [-0.2, -0.15) is 0 Å². The molecule has 1 heterocycles. The van der Waals surface area contributed by atoms with Crippen LogP contribution in [0.5, 0.6) is 11.5 Å². The van der Waals surface area contributed by atoms with Gasteiger partial charge in [-0.3, -0.25) is 9.59 Å². The van der Waals surface area contributed by atoms with Gasteiger partial charge in [-0.1, -0.05) is 53.6 Å². The standard InChI is InChI=1S/C33H34N2O4/c1-19-9-12-25(13-10-19)35-33(37)30-21(3)34-26-16-24(22-11-14-28(38-4)29(18-22)39-5)17-27(36)32(26)31(30)23-8-6-7-20(2)15-23/h6-15,18,24,31,34H,16-17H2,1-5H3,(H,35,37)/t24-,31+/m1/s1. The first-order valence-electron chi connectivity index (χ1n) is 13.2. The Bertz CT molecular complexity index is 1500. The number of carbonyl (C=O) groups is 2. The third-order valence-electron chi connectivity index (χ3n) is 7.64. The number of anilines is 1. The van der Waals surface area contributed by atoms with Crippen LogP contribution in [0.4, 0.5) is 5.69 Å². The molecular formula is C33H34N2O4. The van der Waals surface area contributed by atoms with Gasteiger partial charge in [0, 0.05) is 40.6 Å². The number of benzene rings is 3. The van der Waals surface area contributed by atoms with Crippen molar-refractivity contribution in [1.29, 1.82) is 0 Å². The lowest BCUT2D eigenvalue weighted by atomic mass is 9.71. The molecule has 2 atom stereocenters. The summed E-state index contributed by atoms with van der Waals surface area (Å²) in [6, 6.07) is 21.6. The van der Waals surface area contributed by atoms with E-state index in [4.69, 9.17) is 9.47 Å². The monoisotopic (exact) mass is 522 g/mol. The highest BCUT2D eigenvalue weighted by Gasteiger charge is 2.41. The van der Waals surface area contributed by atoms with Gasteiger partial charge in [0.05, 0.1) is 14.2 Å². The van der Waals surface area contributed by atoms with Crippen molar-refractivity contribution in [2.24, 2.45) is 0 Å². The third kappa shape index (κ3) is 5.19. The van der Waals surface area contributed by atoms with Crippen LogP contribution in [-0.4, -0.2) is 25.9 Å². The number of nitrogens with one attached hydrogen (secondary N) is 2. The normalized spacial score (nSPS) is 18.8. The van der Waals surface area contributed by atoms with E-state index in [2.05, 4.69) is 16.7 Å². The van der Waals surface area contributed by atoms with Gasteiger partial charge in [0.15, 0.2) is 17.3 Å². The number of ether oxygens (including phenoxy) is 2. The van der Waals surface area contributed by atoms with Crippen molar-refractivity contribution in [2.45, 2.75) is 45.4 Å². The minimum absolute atomic E-state index is 0.0162. The van der Waals surface area contributed by atoms with Crippen LogP contribution in [-0.2, 0) is 9.59 Å². The Balaban J connectivity index is 1.54. The number of hydrogen-bond acceptors (Lipinski definition) is 5. The number of hydrogen-bond donors (Lipinski definition) is 2. The topological polar surface area (TPSA) is 76.7 Å². The predicted octanol–water partition coefficient (Wildman–Crippen LogP) is 6.32. The van der Waals surface area contributed by atoms with E-state index in [1.165, 1.54) is 0 Å². The molecule has 0 bridgehead atoms. The van der Waals surface area contributed by atoms with E-state index >= 15 is 0 Å². The molecule has 1 aliphatic heterocycles. The summed E-state index contributed by atoms with van der Waals surface area (Å²) < 4.78 is 10.9. The lowest BCUT2D eigenvalue weighted by molar-refractivity contribution is -0.116. The van der Waals surface area contributed by atoms with Gasteiger partial charge in [0.1, 0.15) is 0 Å². The van der Waals surface area contributed by atoms with Crippen LogP contribution in [0.1, 0.15) is 53.9 Å². The molecule has 6 nitrogen and oxygen atoms in total. The van der Waals surface area contributed by atoms with Crippen molar-refractivity contribution >= 4 is 17.4 Å². The molecule has 0 saturated carbocycles. The van der Waals surface area contributed by atoms with Crippen LogP contribution in [0.25, 0.3) is 0 Å². The van der Waals surface area contributed by atoms with Crippen LogP contribution < -0.4 is 20.1 Å². The summed E-state index contributed by atoms with van der Waals surface area (Å²) in [6.07, 6.45) is 1.01. The molecule has 0 unspecified atom stereocenters. The zero-order chi connectivity index (χ0) is 27.7. The highest BCUT2D eigenvalue weighted by atomic mass is 16.5. The van der Waals surface area contributed by atoms with Crippen molar-refractivity contribution < 1.29 is 19.1 Å². The van der Waals surface area contributed by atoms with Gasteiger partial charge in [0.25, 0.3) is 5.91 Å². The summed E-state index contributed by atoms with van der Waals surface area (Å²) in [5.41, 5.74) is 7.75. The molecule has 39 heavy (non-hydrogen) atoms. The molecule has 3 aromatic carbocycles. The molecule has 200 valence electrons. The maximum Gasteiger partial charge on any atom is 0.254 e. The number of ketones is 1. The molecule has 2 aliphatic rings. The molecule has 0 aromatic heterocycles. The van der Waals surface area contributed by atoms with E-state index in [-0.39, 0.29) is 17.6 Å². The van der Waals surface area contributed by atoms with E-state index in [9.17, 15) is 9.59 Å². The molecule has 1 aliphatic carbocycles. The molecule has 0 saturated heterocycles. The Hall–Kier alpha value is -4.32. The predicted molar refractivity (Wildman–Crippen MR) is 153 cm³/mol. The summed E-state index contributed by atoms with van der Waals surface area (Å²) in [4.78, 5) is 27.7. The summed E-state index contributed by atoms with van der Waals surface area (Å²) in [6.45, 7) is 5.95. The number of Topliss-reactive ketones (excluding diaryl/α,β-unsaturated/α-hetero) is 1. The highest BCUT2D eigenvalue weighted by molar-refractivity contribution is 6.10. The Morgan fingerprint density at radius 3 is 2.28 bits per heavy atom. The van der Waals surface area contributed by atoms with Crippen molar-refractivity contribution in [3.8, 4) is 11.5 Å². The van der Waals surface area contributed by atoms with Crippen LogP contribution in [0, 0.1) is 13.8 Å². The molecule has 2 N–H and O–H groups in total. The van der Waals surface area contributed by atoms with Gasteiger partial charge < -0.3 is 20.1 Å². The molecule has 0 spiro atoms. The lowest BCUT2D eigenvalue weighted by Gasteiger charge is -2.37. The quantitative estimate of drug-likeness (QED) is 0.396. The number of amides is 1. The average molecular weight is 523 g/mol. The highest BCUT2D eigenvalue weighted by Crippen LogP contribution is 2.46. The van der Waals surface area contributed by atoms with Crippen molar-refractivity contribution in [3.05, 3.63) is 112 Å². The lowest BCUT2D eigenvalue weighted by Crippen LogP contribution is -2.37. The van der Waals surface area contributed by atoms with Gasteiger partial charge in [0.2, 0.25) is 0 Å². The average Bonchev–Trinajstić information content (AvgIpc) is 2.92. The first-order valence-corrected chi connectivity index (χ1v) is 13.2. The zero-order valence-electron chi connectivity index (χ0n) is 23.1. The first kappa shape index (κ1) is 26.3. The summed E-state index contributed by atoms with van der Waals surface area (Å²) >= 11 is 0. The molecule has 0 fully saturated rings. The molecule has 0 radical (unpaired) electrons. The Morgan fingerprint density at radius 1 is 0.846 bits per heavy atom. The van der Waals surface area contributed by atoms with Gasteiger partial charge in [-0.25, -0.2) is 0 Å². The largest absolute Gasteiger partial charge is 0.493 e. The molecular weight excluding hydrogens is 488 g/mol. The molecule has 6 heteroatoms. The van der Waals surface area contributed by atoms with Crippen molar-refractivity contribution in [1.82, 2.24) is 5.32 Å².